The number of hydrogen-bond donors (Lipinski definition) is 0. The third-order valence-corrected chi connectivity index (χ3v) is 7.90. The van der Waals surface area contributed by atoms with Crippen LogP contribution in [0.2, 0.25) is 5.02 Å². The second-order valence-electron chi connectivity index (χ2n) is 7.83. The lowest BCUT2D eigenvalue weighted by Gasteiger charge is -2.15. The normalized spacial score (nSPS) is 14.8. The van der Waals surface area contributed by atoms with Crippen molar-refractivity contribution in [3.8, 4) is 5.75 Å². The maximum Gasteiger partial charge on any atom is 0.270 e. The van der Waals surface area contributed by atoms with Crippen molar-refractivity contribution in [1.82, 2.24) is 0 Å². The molecule has 1 saturated heterocycles. The van der Waals surface area contributed by atoms with Gasteiger partial charge in [-0.25, -0.2) is 0 Å². The fourth-order valence-electron chi connectivity index (χ4n) is 3.86. The lowest BCUT2D eigenvalue weighted by molar-refractivity contribution is -0.113. The van der Waals surface area contributed by atoms with Crippen molar-refractivity contribution >= 4 is 80.1 Å². The Hall–Kier alpha value is -2.77. The minimum Gasteiger partial charge on any atom is -0.488 e. The Balaban J connectivity index is 1.52. The van der Waals surface area contributed by atoms with Crippen LogP contribution in [0.1, 0.15) is 11.1 Å². The summed E-state index contributed by atoms with van der Waals surface area (Å²) in [4.78, 5) is 16.7. The Morgan fingerprint density at radius 1 is 1.03 bits per heavy atom. The van der Waals surface area contributed by atoms with Crippen LogP contribution in [0.4, 0.5) is 5.69 Å². The third kappa shape index (κ3) is 5.11. The van der Waals surface area contributed by atoms with Crippen LogP contribution in [-0.2, 0) is 11.4 Å². The van der Waals surface area contributed by atoms with E-state index in [4.69, 9.17) is 28.6 Å². The Morgan fingerprint density at radius 2 is 1.83 bits per heavy atom. The molecule has 3 nitrogen and oxygen atoms in total. The highest BCUT2D eigenvalue weighted by Gasteiger charge is 2.33. The molecule has 0 aliphatic carbocycles. The zero-order valence-corrected chi connectivity index (χ0v) is 21.9. The topological polar surface area (TPSA) is 29.5 Å². The van der Waals surface area contributed by atoms with Crippen LogP contribution in [0.25, 0.3) is 16.8 Å². The van der Waals surface area contributed by atoms with Gasteiger partial charge in [0.1, 0.15) is 12.4 Å². The van der Waals surface area contributed by atoms with Crippen LogP contribution in [0, 0.1) is 0 Å². The highest BCUT2D eigenvalue weighted by molar-refractivity contribution is 8.27. The second-order valence-corrected chi connectivity index (χ2v) is 10.8. The summed E-state index contributed by atoms with van der Waals surface area (Å²) >= 11 is 14.6. The van der Waals surface area contributed by atoms with Gasteiger partial charge < -0.3 is 4.74 Å². The molecule has 0 bridgehead atoms. The molecule has 0 N–H and O–H groups in total. The van der Waals surface area contributed by atoms with E-state index in [0.717, 1.165) is 32.5 Å². The molecule has 0 saturated carbocycles. The number of anilines is 1. The molecule has 0 spiro atoms. The molecule has 4 aromatic rings. The fourth-order valence-corrected chi connectivity index (χ4v) is 5.72. The van der Waals surface area contributed by atoms with Gasteiger partial charge in [-0.2, -0.15) is 0 Å². The van der Waals surface area contributed by atoms with Crippen LogP contribution in [0.3, 0.4) is 0 Å². The van der Waals surface area contributed by atoms with E-state index in [-0.39, 0.29) is 5.91 Å². The largest absolute Gasteiger partial charge is 0.488 e. The summed E-state index contributed by atoms with van der Waals surface area (Å²) in [6.07, 6.45) is 3.91. The monoisotopic (exact) mass is 533 g/mol. The van der Waals surface area contributed by atoms with Gasteiger partial charge in [0.2, 0.25) is 0 Å². The number of rotatable bonds is 6. The summed E-state index contributed by atoms with van der Waals surface area (Å²) < 4.78 is 6.74. The van der Waals surface area contributed by atoms with Gasteiger partial charge in [-0.05, 0) is 65.1 Å². The molecule has 174 valence electrons. The summed E-state index contributed by atoms with van der Waals surface area (Å²) in [6, 6.07) is 27.5. The van der Waals surface area contributed by atoms with Gasteiger partial charge >= 0.3 is 0 Å². The lowest BCUT2D eigenvalue weighted by Crippen LogP contribution is -2.27. The van der Waals surface area contributed by atoms with Crippen LogP contribution in [0.15, 0.2) is 94.7 Å². The SMILES string of the molecule is CSc1cccc(N2C(=O)/C(=C\c3c(OCc4ccc(Cl)cc4)ccc4ccccc34)SC2=S)c1. The van der Waals surface area contributed by atoms with Crippen molar-refractivity contribution in [3.63, 3.8) is 0 Å². The van der Waals surface area contributed by atoms with Crippen molar-refractivity contribution in [3.05, 3.63) is 106 Å². The summed E-state index contributed by atoms with van der Waals surface area (Å²) in [5.74, 6) is 0.572. The van der Waals surface area contributed by atoms with Crippen LogP contribution < -0.4 is 9.64 Å². The number of ether oxygens (including phenoxy) is 1. The number of amides is 1. The van der Waals surface area contributed by atoms with Crippen LogP contribution in [0.5, 0.6) is 5.75 Å². The first kappa shape index (κ1) is 23.9. The quantitative estimate of drug-likeness (QED) is 0.141. The van der Waals surface area contributed by atoms with Gasteiger partial charge in [-0.1, -0.05) is 84.1 Å². The fraction of sp³-hybridized carbons (Fsp3) is 0.0714. The maximum absolute atomic E-state index is 13.5. The molecule has 0 unspecified atom stereocenters. The smallest absolute Gasteiger partial charge is 0.270 e. The van der Waals surface area contributed by atoms with Gasteiger partial charge in [0.05, 0.1) is 10.6 Å². The highest BCUT2D eigenvalue weighted by Crippen LogP contribution is 2.39. The molecule has 5 rings (SSSR count). The minimum atomic E-state index is -0.130. The van der Waals surface area contributed by atoms with E-state index in [0.29, 0.717) is 26.6 Å². The minimum absolute atomic E-state index is 0.130. The number of hydrogen-bond acceptors (Lipinski definition) is 5. The lowest BCUT2D eigenvalue weighted by atomic mass is 10.0. The summed E-state index contributed by atoms with van der Waals surface area (Å²) in [7, 11) is 0. The van der Waals surface area contributed by atoms with E-state index >= 15 is 0 Å². The van der Waals surface area contributed by atoms with Gasteiger partial charge in [0.25, 0.3) is 5.91 Å². The molecule has 1 heterocycles. The number of fused-ring (bicyclic) bond motifs is 1. The number of halogens is 1. The predicted octanol–water partition coefficient (Wildman–Crippen LogP) is 8.20. The zero-order valence-electron chi connectivity index (χ0n) is 18.7. The molecular formula is C28H20ClNO2S3. The van der Waals surface area contributed by atoms with Gasteiger partial charge in [-0.3, -0.25) is 9.69 Å². The molecule has 35 heavy (non-hydrogen) atoms. The summed E-state index contributed by atoms with van der Waals surface area (Å²) in [5, 5.41) is 2.77. The van der Waals surface area contributed by atoms with E-state index in [1.165, 1.54) is 11.8 Å². The van der Waals surface area contributed by atoms with E-state index in [9.17, 15) is 4.79 Å². The molecule has 7 heteroatoms. The molecule has 1 amide bonds. The van der Waals surface area contributed by atoms with Gasteiger partial charge in [0, 0.05) is 15.5 Å². The molecule has 0 atom stereocenters. The van der Waals surface area contributed by atoms with E-state index in [1.54, 1.807) is 16.7 Å². The van der Waals surface area contributed by atoms with Crippen LogP contribution in [-0.4, -0.2) is 16.5 Å². The Kier molecular flexibility index (Phi) is 7.16. The standard InChI is InChI=1S/C28H20ClNO2S3/c1-34-22-7-4-6-21(15-22)30-27(31)26(35-28(30)33)16-24-23-8-3-2-5-19(23)11-14-25(24)32-17-18-9-12-20(29)13-10-18/h2-16H,17H2,1H3/b26-16+. The highest BCUT2D eigenvalue weighted by atomic mass is 35.5. The van der Waals surface area contributed by atoms with Crippen LogP contribution >= 0.6 is 47.3 Å². The van der Waals surface area contributed by atoms with Crippen molar-refractivity contribution in [2.24, 2.45) is 0 Å². The molecule has 4 aromatic carbocycles. The van der Waals surface area contributed by atoms with Crippen molar-refractivity contribution in [1.29, 1.82) is 0 Å². The molecule has 1 aliphatic rings. The number of thioether (sulfide) groups is 2. The average Bonchev–Trinajstić information content (AvgIpc) is 3.16. The Bertz CT molecular complexity index is 1470. The first-order chi connectivity index (χ1) is 17.0. The molecule has 0 aromatic heterocycles. The third-order valence-electron chi connectivity index (χ3n) is 5.62. The van der Waals surface area contributed by atoms with Gasteiger partial charge in [-0.15, -0.1) is 11.8 Å². The Labute approximate surface area is 223 Å². The van der Waals surface area contributed by atoms with E-state index in [1.807, 2.05) is 91.2 Å². The maximum atomic E-state index is 13.5. The van der Waals surface area contributed by atoms with Crippen molar-refractivity contribution in [2.75, 3.05) is 11.2 Å². The molecule has 1 fully saturated rings. The first-order valence-corrected chi connectivity index (χ1v) is 13.7. The number of nitrogens with zero attached hydrogens (tertiary/aromatic N) is 1. The molecule has 0 radical (unpaired) electrons. The van der Waals surface area contributed by atoms with Crippen molar-refractivity contribution < 1.29 is 9.53 Å². The summed E-state index contributed by atoms with van der Waals surface area (Å²) in [5.41, 5.74) is 2.64. The van der Waals surface area contributed by atoms with Crippen molar-refractivity contribution in [2.45, 2.75) is 11.5 Å². The first-order valence-electron chi connectivity index (χ1n) is 10.8. The number of carbonyl (C=O) groups is 1. The number of carbonyl (C=O) groups excluding carboxylic acids is 1. The van der Waals surface area contributed by atoms with E-state index < -0.39 is 0 Å². The Morgan fingerprint density at radius 3 is 2.63 bits per heavy atom. The zero-order chi connectivity index (χ0) is 24.4. The number of benzene rings is 4. The molecular weight excluding hydrogens is 514 g/mol. The van der Waals surface area contributed by atoms with Gasteiger partial charge in [0.15, 0.2) is 4.32 Å². The molecule has 1 aliphatic heterocycles. The average molecular weight is 534 g/mol. The summed E-state index contributed by atoms with van der Waals surface area (Å²) in [6.45, 7) is 0.388. The van der Waals surface area contributed by atoms with E-state index in [2.05, 4.69) is 6.07 Å². The number of thiocarbonyl (C=S) groups is 1. The second kappa shape index (κ2) is 10.5. The predicted molar refractivity (Wildman–Crippen MR) is 154 cm³/mol.